The molecule has 0 aliphatic heterocycles. The summed E-state index contributed by atoms with van der Waals surface area (Å²) in [6, 6.07) is 6.08. The molecule has 90 valence electrons. The van der Waals surface area contributed by atoms with Gasteiger partial charge in [0.2, 0.25) is 0 Å². The second-order valence-electron chi connectivity index (χ2n) is 3.24. The minimum atomic E-state index is -0.411. The number of hydrogen-bond donors (Lipinski definition) is 1. The molecule has 0 fully saturated rings. The van der Waals surface area contributed by atoms with Gasteiger partial charge in [-0.3, -0.25) is 0 Å². The van der Waals surface area contributed by atoms with E-state index in [1.54, 1.807) is 12.1 Å². The number of anilines is 2. The molecule has 0 radical (unpaired) electrons. The maximum Gasteiger partial charge on any atom is 0.151 e. The molecule has 0 saturated carbocycles. The molecule has 0 bridgehead atoms. The summed E-state index contributed by atoms with van der Waals surface area (Å²) in [5.74, 6) is -0.299. The topological polar surface area (TPSA) is 86.6 Å². The van der Waals surface area contributed by atoms with Crippen LogP contribution in [0.25, 0.3) is 10.4 Å². The van der Waals surface area contributed by atoms with Crippen LogP contribution in [-0.4, -0.2) is 10.2 Å². The van der Waals surface area contributed by atoms with Crippen molar-refractivity contribution in [2.24, 2.45) is 5.11 Å². The van der Waals surface area contributed by atoms with Gasteiger partial charge in [-0.05, 0) is 34.9 Å². The van der Waals surface area contributed by atoms with Crippen LogP contribution in [-0.2, 0) is 0 Å². The normalized spacial score (nSPS) is 9.67. The Morgan fingerprint density at radius 2 is 2.22 bits per heavy atom. The van der Waals surface area contributed by atoms with Crippen LogP contribution < -0.4 is 5.32 Å². The molecule has 0 saturated heterocycles. The molecular formula is C10H6BrFN6. The number of hydrogen-bond acceptors (Lipinski definition) is 4. The molecule has 2 aromatic rings. The number of azide groups is 1. The number of nitrogens with zero attached hydrogens (tertiary/aromatic N) is 5. The number of rotatable bonds is 3. The van der Waals surface area contributed by atoms with Gasteiger partial charge in [-0.1, -0.05) is 15.9 Å². The highest BCUT2D eigenvalue weighted by Crippen LogP contribution is 2.23. The third-order valence-electron chi connectivity index (χ3n) is 2.00. The van der Waals surface area contributed by atoms with Gasteiger partial charge in [-0.2, -0.15) is 5.10 Å². The fourth-order valence-electron chi connectivity index (χ4n) is 1.26. The fraction of sp³-hybridized carbons (Fsp3) is 0. The van der Waals surface area contributed by atoms with E-state index in [4.69, 9.17) is 5.53 Å². The molecule has 6 nitrogen and oxygen atoms in total. The fourth-order valence-corrected chi connectivity index (χ4v) is 1.60. The molecule has 0 amide bonds. The molecule has 0 aliphatic carbocycles. The third kappa shape index (κ3) is 2.93. The molecule has 8 heteroatoms. The third-order valence-corrected chi connectivity index (χ3v) is 2.49. The molecule has 2 rings (SSSR count). The van der Waals surface area contributed by atoms with E-state index in [0.717, 1.165) is 0 Å². The first-order valence-corrected chi connectivity index (χ1v) is 5.58. The molecule has 18 heavy (non-hydrogen) atoms. The van der Waals surface area contributed by atoms with E-state index < -0.39 is 5.82 Å². The maximum absolute atomic E-state index is 13.6. The van der Waals surface area contributed by atoms with Crippen LogP contribution in [0.2, 0.25) is 0 Å². The molecule has 0 atom stereocenters. The Bertz CT molecular complexity index is 626. The first-order valence-electron chi connectivity index (χ1n) is 4.79. The Morgan fingerprint density at radius 3 is 2.94 bits per heavy atom. The Labute approximate surface area is 110 Å². The van der Waals surface area contributed by atoms with Crippen LogP contribution in [0, 0.1) is 5.82 Å². The van der Waals surface area contributed by atoms with Crippen LogP contribution in [0.5, 0.6) is 0 Å². The van der Waals surface area contributed by atoms with E-state index in [0.29, 0.717) is 10.2 Å². The van der Waals surface area contributed by atoms with Crippen LogP contribution >= 0.6 is 15.9 Å². The minimum Gasteiger partial charge on any atom is -0.352 e. The second-order valence-corrected chi connectivity index (χ2v) is 4.16. The lowest BCUT2D eigenvalue weighted by Crippen LogP contribution is -1.95. The Kier molecular flexibility index (Phi) is 3.71. The zero-order valence-electron chi connectivity index (χ0n) is 8.88. The summed E-state index contributed by atoms with van der Waals surface area (Å²) in [6.45, 7) is 0. The van der Waals surface area contributed by atoms with Gasteiger partial charge in [0.25, 0.3) is 0 Å². The lowest BCUT2D eigenvalue weighted by Gasteiger charge is -2.07. The highest BCUT2D eigenvalue weighted by Gasteiger charge is 2.04. The summed E-state index contributed by atoms with van der Waals surface area (Å²) in [5, 5.41) is 13.4. The van der Waals surface area contributed by atoms with Crippen molar-refractivity contribution < 1.29 is 4.39 Å². The number of halogens is 2. The van der Waals surface area contributed by atoms with Crippen LogP contribution in [0.15, 0.2) is 40.0 Å². The predicted octanol–water partition coefficient (Wildman–Crippen LogP) is 4.06. The van der Waals surface area contributed by atoms with Crippen LogP contribution in [0.4, 0.5) is 21.6 Å². The van der Waals surface area contributed by atoms with E-state index in [9.17, 15) is 4.39 Å². The van der Waals surface area contributed by atoms with Crippen LogP contribution in [0.1, 0.15) is 0 Å². The first kappa shape index (κ1) is 12.3. The lowest BCUT2D eigenvalue weighted by molar-refractivity contribution is 0.631. The van der Waals surface area contributed by atoms with Gasteiger partial charge >= 0.3 is 0 Å². The first-order chi connectivity index (χ1) is 8.69. The van der Waals surface area contributed by atoms with Crippen LogP contribution in [0.3, 0.4) is 0 Å². The van der Waals surface area contributed by atoms with Gasteiger partial charge < -0.3 is 5.32 Å². The highest BCUT2D eigenvalue weighted by molar-refractivity contribution is 9.10. The summed E-state index contributed by atoms with van der Waals surface area (Å²) in [4.78, 5) is 2.60. The standard InChI is InChI=1S/C10H6BrFN6/c11-6-1-2-9(8(12)3-6)15-7-4-10(17-18-13)16-14-5-7/h1-5H,(H,15,16). The van der Waals surface area contributed by atoms with Crippen molar-refractivity contribution in [3.05, 3.63) is 51.2 Å². The maximum atomic E-state index is 13.6. The summed E-state index contributed by atoms with van der Waals surface area (Å²) >= 11 is 3.17. The van der Waals surface area contributed by atoms with E-state index in [1.165, 1.54) is 18.3 Å². The zero-order chi connectivity index (χ0) is 13.0. The molecule has 0 spiro atoms. The second kappa shape index (κ2) is 5.44. The van der Waals surface area contributed by atoms with E-state index in [-0.39, 0.29) is 11.5 Å². The average Bonchev–Trinajstić information content (AvgIpc) is 2.34. The summed E-state index contributed by atoms with van der Waals surface area (Å²) < 4.78 is 14.2. The quantitative estimate of drug-likeness (QED) is 0.527. The summed E-state index contributed by atoms with van der Waals surface area (Å²) in [5.41, 5.74) is 9.05. The van der Waals surface area contributed by atoms with Crippen molar-refractivity contribution in [2.45, 2.75) is 0 Å². The van der Waals surface area contributed by atoms with Gasteiger partial charge in [-0.25, -0.2) is 4.39 Å². The average molecular weight is 309 g/mol. The Morgan fingerprint density at radius 1 is 1.39 bits per heavy atom. The van der Waals surface area contributed by atoms with Gasteiger partial charge in [0.1, 0.15) is 5.82 Å². The monoisotopic (exact) mass is 308 g/mol. The number of aromatic nitrogens is 2. The lowest BCUT2D eigenvalue weighted by atomic mass is 10.3. The van der Waals surface area contributed by atoms with E-state index >= 15 is 0 Å². The van der Waals surface area contributed by atoms with Crippen molar-refractivity contribution in [1.82, 2.24) is 10.2 Å². The van der Waals surface area contributed by atoms with Gasteiger partial charge in [0.15, 0.2) is 5.82 Å². The molecule has 1 heterocycles. The SMILES string of the molecule is [N-]=[N+]=Nc1cc(Nc2ccc(Br)cc2F)cnn1. The number of benzene rings is 1. The molecule has 1 aromatic carbocycles. The zero-order valence-corrected chi connectivity index (χ0v) is 10.5. The summed E-state index contributed by atoms with van der Waals surface area (Å²) in [7, 11) is 0. The smallest absolute Gasteiger partial charge is 0.151 e. The van der Waals surface area contributed by atoms with E-state index in [1.807, 2.05) is 0 Å². The molecule has 0 aliphatic rings. The highest BCUT2D eigenvalue weighted by atomic mass is 79.9. The number of nitrogens with one attached hydrogen (secondary N) is 1. The minimum absolute atomic E-state index is 0.111. The Hall–Kier alpha value is -2.18. The van der Waals surface area contributed by atoms with Crippen molar-refractivity contribution in [2.75, 3.05) is 5.32 Å². The van der Waals surface area contributed by atoms with Crippen molar-refractivity contribution in [1.29, 1.82) is 0 Å². The van der Waals surface area contributed by atoms with Crippen molar-refractivity contribution in [3.8, 4) is 0 Å². The summed E-state index contributed by atoms with van der Waals surface area (Å²) in [6.07, 6.45) is 1.40. The Balaban J connectivity index is 2.28. The van der Waals surface area contributed by atoms with E-state index in [2.05, 4.69) is 41.5 Å². The largest absolute Gasteiger partial charge is 0.352 e. The van der Waals surface area contributed by atoms with Gasteiger partial charge in [0.05, 0.1) is 17.6 Å². The van der Waals surface area contributed by atoms with Gasteiger partial charge in [0, 0.05) is 9.38 Å². The predicted molar refractivity (Wildman–Crippen MR) is 68.2 cm³/mol. The molecule has 1 N–H and O–H groups in total. The van der Waals surface area contributed by atoms with Crippen molar-refractivity contribution in [3.63, 3.8) is 0 Å². The molecular weight excluding hydrogens is 303 g/mol. The van der Waals surface area contributed by atoms with Crippen molar-refractivity contribution >= 4 is 33.1 Å². The molecule has 0 unspecified atom stereocenters. The van der Waals surface area contributed by atoms with Gasteiger partial charge in [-0.15, -0.1) is 5.10 Å². The molecule has 1 aromatic heterocycles.